The number of aromatic nitrogens is 2. The summed E-state index contributed by atoms with van der Waals surface area (Å²) >= 11 is 6.66. The Hall–Kier alpha value is -3.62. The molecule has 1 aliphatic heterocycles. The molecule has 0 radical (unpaired) electrons. The van der Waals surface area contributed by atoms with Crippen LogP contribution in [0.2, 0.25) is 5.02 Å². The van der Waals surface area contributed by atoms with Crippen LogP contribution in [0.5, 0.6) is 0 Å². The molecule has 4 aromatic rings. The second-order valence-corrected chi connectivity index (χ2v) is 13.1. The molecule has 1 fully saturated rings. The molecule has 5 rings (SSSR count). The number of hydrogen-bond donors (Lipinski definition) is 0. The van der Waals surface area contributed by atoms with E-state index >= 15 is 0 Å². The number of sulfone groups is 1. The van der Waals surface area contributed by atoms with Crippen molar-refractivity contribution in [3.05, 3.63) is 101 Å². The van der Waals surface area contributed by atoms with E-state index in [1.165, 1.54) is 13.4 Å². The van der Waals surface area contributed by atoms with Crippen LogP contribution in [0, 0.1) is 0 Å². The Kier molecular flexibility index (Phi) is 7.50. The fraction of sp³-hybridized carbons (Fsp3) is 0.290. The molecule has 1 aromatic heterocycles. The first-order chi connectivity index (χ1) is 19.0. The Balaban J connectivity index is 1.60. The van der Waals surface area contributed by atoms with E-state index in [9.17, 15) is 13.2 Å². The van der Waals surface area contributed by atoms with Crippen LogP contribution in [-0.2, 0) is 20.0 Å². The van der Waals surface area contributed by atoms with Crippen molar-refractivity contribution in [1.82, 2.24) is 14.5 Å². The van der Waals surface area contributed by atoms with E-state index in [0.29, 0.717) is 11.6 Å². The van der Waals surface area contributed by atoms with E-state index in [2.05, 4.69) is 18.4 Å². The highest BCUT2D eigenvalue weighted by molar-refractivity contribution is 7.90. The minimum Gasteiger partial charge on any atom is -0.453 e. The largest absolute Gasteiger partial charge is 0.453 e. The summed E-state index contributed by atoms with van der Waals surface area (Å²) in [6.07, 6.45) is 4.52. The summed E-state index contributed by atoms with van der Waals surface area (Å²) in [5.74, 6) is 0.791. The SMILES string of the molecule is COC(=O)N1CCCC1c1cn(-c2ccc(-c3cccc(S(C)(=O)=O)c3)cc2)c(C(C)(C)c2ccccc2Cl)n1. The minimum absolute atomic E-state index is 0.187. The quantitative estimate of drug-likeness (QED) is 0.251. The van der Waals surface area contributed by atoms with Gasteiger partial charge in [0.1, 0.15) is 5.82 Å². The van der Waals surface area contributed by atoms with Gasteiger partial charge in [0.2, 0.25) is 0 Å². The molecular weight excluding hydrogens is 546 g/mol. The van der Waals surface area contributed by atoms with Gasteiger partial charge in [-0.3, -0.25) is 4.90 Å². The monoisotopic (exact) mass is 577 g/mol. The molecule has 1 atom stereocenters. The molecule has 0 saturated carbocycles. The van der Waals surface area contributed by atoms with Crippen molar-refractivity contribution in [1.29, 1.82) is 0 Å². The van der Waals surface area contributed by atoms with E-state index in [1.807, 2.05) is 60.8 Å². The average Bonchev–Trinajstić information content (AvgIpc) is 3.61. The topological polar surface area (TPSA) is 81.5 Å². The number of halogens is 1. The number of nitrogens with zero attached hydrogens (tertiary/aromatic N) is 3. The number of benzene rings is 3. The Labute approximate surface area is 240 Å². The molecule has 9 heteroatoms. The molecule has 0 N–H and O–H groups in total. The van der Waals surface area contributed by atoms with Gasteiger partial charge < -0.3 is 9.30 Å². The van der Waals surface area contributed by atoms with E-state index < -0.39 is 15.3 Å². The molecule has 7 nitrogen and oxygen atoms in total. The smallest absolute Gasteiger partial charge is 0.410 e. The summed E-state index contributed by atoms with van der Waals surface area (Å²) in [4.78, 5) is 19.6. The van der Waals surface area contributed by atoms with Gasteiger partial charge in [0.25, 0.3) is 0 Å². The lowest BCUT2D eigenvalue weighted by Crippen LogP contribution is -2.30. The maximum atomic E-state index is 12.5. The highest BCUT2D eigenvalue weighted by Gasteiger charge is 2.36. The third-order valence-electron chi connectivity index (χ3n) is 7.58. The standard InChI is InChI=1S/C31H32ClN3O4S/c1-31(2,25-11-5-6-12-26(25)32)29-33-27(28-13-8-18-34(28)30(36)39-3)20-35(29)23-16-14-21(15-17-23)22-9-7-10-24(19-22)40(4,37)38/h5-7,9-12,14-17,19-20,28H,8,13,18H2,1-4H3. The summed E-state index contributed by atoms with van der Waals surface area (Å²) in [5, 5.41) is 0.654. The van der Waals surface area contributed by atoms with Gasteiger partial charge in [-0.05, 0) is 73.7 Å². The first-order valence-corrected chi connectivity index (χ1v) is 15.4. The summed E-state index contributed by atoms with van der Waals surface area (Å²) in [6.45, 7) is 4.80. The normalized spacial score (nSPS) is 15.8. The van der Waals surface area contributed by atoms with Gasteiger partial charge in [-0.1, -0.05) is 54.1 Å². The minimum atomic E-state index is -3.31. The van der Waals surface area contributed by atoms with Gasteiger partial charge in [-0.15, -0.1) is 0 Å². The zero-order chi connectivity index (χ0) is 28.7. The first kappa shape index (κ1) is 27.9. The van der Waals surface area contributed by atoms with Gasteiger partial charge in [-0.25, -0.2) is 18.2 Å². The van der Waals surface area contributed by atoms with Crippen LogP contribution < -0.4 is 0 Å². The maximum absolute atomic E-state index is 12.5. The Morgan fingerprint density at radius 1 is 1.02 bits per heavy atom. The molecule has 0 aliphatic carbocycles. The van der Waals surface area contributed by atoms with Crippen LogP contribution >= 0.6 is 11.6 Å². The predicted octanol–water partition coefficient (Wildman–Crippen LogP) is 6.83. The third-order valence-corrected chi connectivity index (χ3v) is 9.01. The number of carbonyl (C=O) groups is 1. The van der Waals surface area contributed by atoms with Crippen LogP contribution in [0.4, 0.5) is 4.79 Å². The Morgan fingerprint density at radius 2 is 1.75 bits per heavy atom. The fourth-order valence-electron chi connectivity index (χ4n) is 5.42. The fourth-order valence-corrected chi connectivity index (χ4v) is 6.45. The molecule has 0 bridgehead atoms. The number of likely N-dealkylation sites (tertiary alicyclic amines) is 1. The number of rotatable bonds is 6. The lowest BCUT2D eigenvalue weighted by Gasteiger charge is -2.27. The van der Waals surface area contributed by atoms with Crippen molar-refractivity contribution in [3.63, 3.8) is 0 Å². The summed E-state index contributed by atoms with van der Waals surface area (Å²) in [7, 11) is -1.92. The third kappa shape index (κ3) is 5.25. The number of methoxy groups -OCH3 is 1. The number of amides is 1. The van der Waals surface area contributed by atoms with Gasteiger partial charge in [-0.2, -0.15) is 0 Å². The summed E-state index contributed by atoms with van der Waals surface area (Å²) < 4.78 is 31.2. The molecule has 1 amide bonds. The van der Waals surface area contributed by atoms with Crippen LogP contribution in [0.3, 0.4) is 0 Å². The highest BCUT2D eigenvalue weighted by Crippen LogP contribution is 2.39. The lowest BCUT2D eigenvalue weighted by atomic mass is 9.83. The average molecular weight is 578 g/mol. The molecule has 2 heterocycles. The summed E-state index contributed by atoms with van der Waals surface area (Å²) in [6, 6.07) is 22.4. The molecule has 40 heavy (non-hydrogen) atoms. The van der Waals surface area contributed by atoms with E-state index in [1.54, 1.807) is 23.1 Å². The van der Waals surface area contributed by atoms with Gasteiger partial charge in [0.15, 0.2) is 9.84 Å². The molecular formula is C31H32ClN3O4S. The van der Waals surface area contributed by atoms with Crippen molar-refractivity contribution in [2.75, 3.05) is 19.9 Å². The molecule has 208 valence electrons. The molecule has 3 aromatic carbocycles. The number of imidazole rings is 1. The van der Waals surface area contributed by atoms with Crippen LogP contribution in [0.1, 0.15) is 49.8 Å². The van der Waals surface area contributed by atoms with Crippen molar-refractivity contribution < 1.29 is 17.9 Å². The molecule has 1 aliphatic rings. The zero-order valence-corrected chi connectivity index (χ0v) is 24.5. The molecule has 1 saturated heterocycles. The molecule has 0 spiro atoms. The summed E-state index contributed by atoms with van der Waals surface area (Å²) in [5.41, 5.74) is 3.78. The number of carbonyl (C=O) groups excluding carboxylic acids is 1. The van der Waals surface area contributed by atoms with Crippen LogP contribution in [0.15, 0.2) is 83.9 Å². The van der Waals surface area contributed by atoms with E-state index in [-0.39, 0.29) is 17.0 Å². The molecule has 1 unspecified atom stereocenters. The lowest BCUT2D eigenvalue weighted by molar-refractivity contribution is 0.118. The zero-order valence-electron chi connectivity index (χ0n) is 23.0. The van der Waals surface area contributed by atoms with Crippen molar-refractivity contribution in [2.24, 2.45) is 0 Å². The number of ether oxygens (including phenoxy) is 1. The predicted molar refractivity (Wildman–Crippen MR) is 157 cm³/mol. The second-order valence-electron chi connectivity index (χ2n) is 10.6. The van der Waals surface area contributed by atoms with Gasteiger partial charge in [0, 0.05) is 35.1 Å². The maximum Gasteiger partial charge on any atom is 0.410 e. The second kappa shape index (κ2) is 10.7. The van der Waals surface area contributed by atoms with Crippen LogP contribution in [-0.4, -0.2) is 48.9 Å². The number of hydrogen-bond acceptors (Lipinski definition) is 5. The van der Waals surface area contributed by atoms with Crippen LogP contribution in [0.25, 0.3) is 16.8 Å². The van der Waals surface area contributed by atoms with Gasteiger partial charge in [0.05, 0.1) is 23.7 Å². The highest BCUT2D eigenvalue weighted by atomic mass is 35.5. The van der Waals surface area contributed by atoms with Gasteiger partial charge >= 0.3 is 6.09 Å². The van der Waals surface area contributed by atoms with E-state index in [4.69, 9.17) is 21.3 Å². The first-order valence-electron chi connectivity index (χ1n) is 13.1. The Morgan fingerprint density at radius 3 is 2.42 bits per heavy atom. The Bertz CT molecular complexity index is 1660. The van der Waals surface area contributed by atoms with E-state index in [0.717, 1.165) is 46.7 Å². The van der Waals surface area contributed by atoms with Crippen molar-refractivity contribution in [3.8, 4) is 16.8 Å². The van der Waals surface area contributed by atoms with Crippen molar-refractivity contribution >= 4 is 27.5 Å². The van der Waals surface area contributed by atoms with Crippen molar-refractivity contribution in [2.45, 2.75) is 43.0 Å².